The van der Waals surface area contributed by atoms with Crippen molar-refractivity contribution in [1.29, 1.82) is 0 Å². The third-order valence-electron chi connectivity index (χ3n) is 4.81. The van der Waals surface area contributed by atoms with E-state index >= 15 is 0 Å². The molecule has 0 aliphatic heterocycles. The van der Waals surface area contributed by atoms with Gasteiger partial charge < -0.3 is 11.1 Å². The molecule has 1 atom stereocenters. The molecule has 1 aliphatic carbocycles. The van der Waals surface area contributed by atoms with Crippen molar-refractivity contribution in [3.05, 3.63) is 0 Å². The van der Waals surface area contributed by atoms with Crippen molar-refractivity contribution in [1.82, 2.24) is 10.0 Å². The van der Waals surface area contributed by atoms with Crippen LogP contribution in [0.25, 0.3) is 0 Å². The number of carbonyl (C=O) groups is 1. The Balaban J connectivity index is 2.55. The topological polar surface area (TPSA) is 101 Å². The van der Waals surface area contributed by atoms with E-state index in [4.69, 9.17) is 5.73 Å². The van der Waals surface area contributed by atoms with Gasteiger partial charge in [0.05, 0.1) is 5.54 Å². The molecule has 1 fully saturated rings. The lowest BCUT2D eigenvalue weighted by Gasteiger charge is -2.33. The summed E-state index contributed by atoms with van der Waals surface area (Å²) in [7, 11) is -3.61. The van der Waals surface area contributed by atoms with E-state index in [1.54, 1.807) is 0 Å². The van der Waals surface area contributed by atoms with E-state index in [9.17, 15) is 13.2 Å². The van der Waals surface area contributed by atoms with Crippen molar-refractivity contribution in [2.45, 2.75) is 65.0 Å². The highest BCUT2D eigenvalue weighted by Crippen LogP contribution is 2.23. The van der Waals surface area contributed by atoms with Gasteiger partial charge in [-0.25, -0.2) is 13.1 Å². The van der Waals surface area contributed by atoms with Gasteiger partial charge in [-0.05, 0) is 44.4 Å². The van der Waals surface area contributed by atoms with Crippen LogP contribution in [0.3, 0.4) is 0 Å². The molecule has 4 N–H and O–H groups in total. The van der Waals surface area contributed by atoms with Crippen LogP contribution in [0, 0.1) is 11.8 Å². The van der Waals surface area contributed by atoms with Gasteiger partial charge >= 0.3 is 0 Å². The standard InChI is InChI=1S/C15H31N3O3S/c1-11(2)15(4,10-16)17-14(19)9-22(20,21)18-13-7-5-12(3)6-8-13/h11-13,18H,5-10,16H2,1-4H3,(H,17,19). The first-order chi connectivity index (χ1) is 10.1. The second-order valence-electron chi connectivity index (χ2n) is 7.16. The van der Waals surface area contributed by atoms with Crippen LogP contribution in [0.2, 0.25) is 0 Å². The van der Waals surface area contributed by atoms with Crippen molar-refractivity contribution in [3.63, 3.8) is 0 Å². The average molecular weight is 333 g/mol. The predicted octanol–water partition coefficient (Wildman–Crippen LogP) is 0.974. The summed E-state index contributed by atoms with van der Waals surface area (Å²) in [6.07, 6.45) is 3.74. The Morgan fingerprint density at radius 1 is 1.27 bits per heavy atom. The summed E-state index contributed by atoms with van der Waals surface area (Å²) in [5.41, 5.74) is 5.11. The molecule has 1 rings (SSSR count). The van der Waals surface area contributed by atoms with Crippen LogP contribution in [0.1, 0.15) is 53.4 Å². The quantitative estimate of drug-likeness (QED) is 0.646. The number of sulfonamides is 1. The zero-order valence-corrected chi connectivity index (χ0v) is 15.0. The number of nitrogens with two attached hydrogens (primary N) is 1. The smallest absolute Gasteiger partial charge is 0.237 e. The number of rotatable bonds is 7. The normalized spacial score (nSPS) is 25.7. The highest BCUT2D eigenvalue weighted by Gasteiger charge is 2.31. The summed E-state index contributed by atoms with van der Waals surface area (Å²) in [5.74, 6) is -0.267. The largest absolute Gasteiger partial charge is 0.348 e. The van der Waals surface area contributed by atoms with Crippen molar-refractivity contribution in [2.24, 2.45) is 17.6 Å². The monoisotopic (exact) mass is 333 g/mol. The lowest BCUT2D eigenvalue weighted by molar-refractivity contribution is -0.120. The highest BCUT2D eigenvalue weighted by atomic mass is 32.2. The third-order valence-corrected chi connectivity index (χ3v) is 6.14. The van der Waals surface area contributed by atoms with Gasteiger partial charge in [0.15, 0.2) is 0 Å². The first-order valence-electron chi connectivity index (χ1n) is 8.09. The minimum Gasteiger partial charge on any atom is -0.348 e. The zero-order valence-electron chi connectivity index (χ0n) is 14.2. The Bertz CT molecular complexity index is 470. The van der Waals surface area contributed by atoms with E-state index in [0.29, 0.717) is 5.92 Å². The van der Waals surface area contributed by atoms with Crippen molar-refractivity contribution in [3.8, 4) is 0 Å². The van der Waals surface area contributed by atoms with Crippen LogP contribution in [0.4, 0.5) is 0 Å². The fraction of sp³-hybridized carbons (Fsp3) is 0.933. The molecule has 22 heavy (non-hydrogen) atoms. The molecule has 0 spiro atoms. The lowest BCUT2D eigenvalue weighted by atomic mass is 9.88. The van der Waals surface area contributed by atoms with Gasteiger partial charge in [0.1, 0.15) is 5.75 Å². The highest BCUT2D eigenvalue weighted by molar-refractivity contribution is 7.90. The first-order valence-corrected chi connectivity index (χ1v) is 9.74. The molecule has 0 aromatic heterocycles. The van der Waals surface area contributed by atoms with Gasteiger partial charge in [0.2, 0.25) is 15.9 Å². The van der Waals surface area contributed by atoms with Crippen molar-refractivity contribution in [2.75, 3.05) is 12.3 Å². The van der Waals surface area contributed by atoms with Gasteiger partial charge in [-0.15, -0.1) is 0 Å². The summed E-state index contributed by atoms with van der Waals surface area (Å²) >= 11 is 0. The number of carbonyl (C=O) groups excluding carboxylic acids is 1. The molecule has 0 radical (unpaired) electrons. The molecule has 1 unspecified atom stereocenters. The Morgan fingerprint density at radius 2 is 1.82 bits per heavy atom. The molecule has 1 amide bonds. The number of nitrogens with one attached hydrogen (secondary N) is 2. The van der Waals surface area contributed by atoms with Crippen molar-refractivity contribution >= 4 is 15.9 Å². The Labute approximate surface area is 134 Å². The molecule has 0 aromatic rings. The van der Waals surface area contributed by atoms with E-state index in [-0.39, 0.29) is 18.5 Å². The minimum atomic E-state index is -3.61. The fourth-order valence-electron chi connectivity index (χ4n) is 2.63. The average Bonchev–Trinajstić information content (AvgIpc) is 2.39. The molecule has 130 valence electrons. The van der Waals surface area contributed by atoms with Crippen LogP contribution in [-0.4, -0.2) is 38.2 Å². The maximum Gasteiger partial charge on any atom is 0.237 e. The van der Waals surface area contributed by atoms with Gasteiger partial charge in [0, 0.05) is 12.6 Å². The van der Waals surface area contributed by atoms with E-state index in [1.165, 1.54) is 0 Å². The molecule has 0 bridgehead atoms. The van der Waals surface area contributed by atoms with Crippen molar-refractivity contribution < 1.29 is 13.2 Å². The summed E-state index contributed by atoms with van der Waals surface area (Å²) in [6, 6.07) is -0.0417. The minimum absolute atomic E-state index is 0.0417. The van der Waals surface area contributed by atoms with Gasteiger partial charge in [-0.1, -0.05) is 20.8 Å². The zero-order chi connectivity index (χ0) is 17.0. The fourth-order valence-corrected chi connectivity index (χ4v) is 3.88. The Hall–Kier alpha value is -0.660. The summed E-state index contributed by atoms with van der Waals surface area (Å²) < 4.78 is 26.9. The third kappa shape index (κ3) is 5.85. The van der Waals surface area contributed by atoms with E-state index < -0.39 is 27.2 Å². The van der Waals surface area contributed by atoms with Gasteiger partial charge in [0.25, 0.3) is 0 Å². The molecular weight excluding hydrogens is 302 g/mol. The Morgan fingerprint density at radius 3 is 2.27 bits per heavy atom. The van der Waals surface area contributed by atoms with Crippen LogP contribution >= 0.6 is 0 Å². The molecular formula is C15H31N3O3S. The van der Waals surface area contributed by atoms with Gasteiger partial charge in [-0.3, -0.25) is 4.79 Å². The molecule has 0 heterocycles. The van der Waals surface area contributed by atoms with E-state index in [2.05, 4.69) is 17.0 Å². The number of amides is 1. The molecule has 6 nitrogen and oxygen atoms in total. The molecule has 7 heteroatoms. The summed E-state index contributed by atoms with van der Waals surface area (Å²) in [5, 5.41) is 2.76. The maximum atomic E-state index is 12.1. The van der Waals surface area contributed by atoms with Crippen LogP contribution < -0.4 is 15.8 Å². The maximum absolute atomic E-state index is 12.1. The SMILES string of the molecule is CC1CCC(NS(=O)(=O)CC(=O)NC(C)(CN)C(C)C)CC1. The number of hydrogen-bond donors (Lipinski definition) is 3. The van der Waals surface area contributed by atoms with Crippen LogP contribution in [0.5, 0.6) is 0 Å². The molecule has 1 aliphatic rings. The first kappa shape index (κ1) is 19.4. The summed E-state index contributed by atoms with van der Waals surface area (Å²) in [4.78, 5) is 12.0. The second-order valence-corrected chi connectivity index (χ2v) is 8.91. The second kappa shape index (κ2) is 7.75. The van der Waals surface area contributed by atoms with Gasteiger partial charge in [-0.2, -0.15) is 0 Å². The van der Waals surface area contributed by atoms with Crippen LogP contribution in [0.15, 0.2) is 0 Å². The lowest BCUT2D eigenvalue weighted by Crippen LogP contribution is -2.56. The molecule has 0 saturated heterocycles. The van der Waals surface area contributed by atoms with E-state index in [0.717, 1.165) is 25.7 Å². The molecule has 0 aromatic carbocycles. The number of hydrogen-bond acceptors (Lipinski definition) is 4. The Kier molecular flexibility index (Phi) is 6.83. The summed E-state index contributed by atoms with van der Waals surface area (Å²) in [6.45, 7) is 8.17. The predicted molar refractivity (Wildman–Crippen MR) is 88.8 cm³/mol. The van der Waals surface area contributed by atoms with Crippen LogP contribution in [-0.2, 0) is 14.8 Å². The molecule has 1 saturated carbocycles. The van der Waals surface area contributed by atoms with E-state index in [1.807, 2.05) is 20.8 Å².